The summed E-state index contributed by atoms with van der Waals surface area (Å²) in [6.45, 7) is 5.93. The largest absolute Gasteiger partial charge is 0.342 e. The Balaban J connectivity index is 2.05. The molecule has 0 aromatic carbocycles. The normalized spacial score (nSPS) is 20.8. The topological polar surface area (TPSA) is 105 Å². The second kappa shape index (κ2) is 5.96. The lowest BCUT2D eigenvalue weighted by Gasteiger charge is -2.32. The number of aryl methyl sites for hydroxylation is 1. The lowest BCUT2D eigenvalue weighted by Crippen LogP contribution is -2.49. The van der Waals surface area contributed by atoms with Crippen molar-refractivity contribution in [2.24, 2.45) is 5.92 Å². The number of hydrogen-bond acceptors (Lipinski definition) is 6. The Morgan fingerprint density at radius 2 is 2.14 bits per heavy atom. The van der Waals surface area contributed by atoms with Crippen molar-refractivity contribution in [3.8, 4) is 0 Å². The van der Waals surface area contributed by atoms with Gasteiger partial charge in [-0.25, -0.2) is 12.7 Å². The quantitative estimate of drug-likeness (QED) is 0.857. The summed E-state index contributed by atoms with van der Waals surface area (Å²) in [7, 11) is -3.27. The standard InChI is InChI=1S/C13H22N4O4S/c1-9-14-12(21-16-9)13(2,3)15-11(18)10-6-5-7-17(8-10)22(4,19)20/h10H,5-8H2,1-4H3,(H,15,18). The van der Waals surface area contributed by atoms with Crippen LogP contribution in [0, 0.1) is 12.8 Å². The molecule has 9 heteroatoms. The van der Waals surface area contributed by atoms with Crippen LogP contribution in [0.3, 0.4) is 0 Å². The minimum absolute atomic E-state index is 0.200. The van der Waals surface area contributed by atoms with Crippen LogP contribution in [0.25, 0.3) is 0 Å². The highest BCUT2D eigenvalue weighted by molar-refractivity contribution is 7.88. The Morgan fingerprint density at radius 3 is 2.68 bits per heavy atom. The van der Waals surface area contributed by atoms with Crippen molar-refractivity contribution in [2.45, 2.75) is 39.2 Å². The zero-order valence-corrected chi connectivity index (χ0v) is 14.1. The third-order valence-electron chi connectivity index (χ3n) is 3.72. The van der Waals surface area contributed by atoms with E-state index in [9.17, 15) is 13.2 Å². The first-order chi connectivity index (χ1) is 10.1. The highest BCUT2D eigenvalue weighted by Gasteiger charge is 2.35. The summed E-state index contributed by atoms with van der Waals surface area (Å²) in [6, 6.07) is 0. The minimum Gasteiger partial charge on any atom is -0.342 e. The van der Waals surface area contributed by atoms with Gasteiger partial charge in [0.15, 0.2) is 5.82 Å². The molecule has 1 saturated heterocycles. The van der Waals surface area contributed by atoms with Crippen LogP contribution in [-0.4, -0.2) is 48.1 Å². The smallest absolute Gasteiger partial charge is 0.251 e. The maximum Gasteiger partial charge on any atom is 0.251 e. The molecule has 1 amide bonds. The van der Waals surface area contributed by atoms with E-state index in [1.807, 2.05) is 0 Å². The van der Waals surface area contributed by atoms with Crippen LogP contribution >= 0.6 is 0 Å². The van der Waals surface area contributed by atoms with E-state index in [0.717, 1.165) is 0 Å². The molecule has 1 aliphatic rings. The zero-order chi connectivity index (χ0) is 16.5. The van der Waals surface area contributed by atoms with Crippen molar-refractivity contribution in [1.29, 1.82) is 0 Å². The predicted octanol–water partition coefficient (Wildman–Crippen LogP) is 0.401. The molecule has 22 heavy (non-hydrogen) atoms. The Hall–Kier alpha value is -1.48. The Labute approximate surface area is 130 Å². The van der Waals surface area contributed by atoms with Crippen molar-refractivity contribution >= 4 is 15.9 Å². The molecule has 124 valence electrons. The van der Waals surface area contributed by atoms with E-state index in [2.05, 4.69) is 15.5 Å². The van der Waals surface area contributed by atoms with Crippen molar-refractivity contribution in [1.82, 2.24) is 19.8 Å². The third kappa shape index (κ3) is 3.83. The van der Waals surface area contributed by atoms with Gasteiger partial charge in [0.1, 0.15) is 5.54 Å². The van der Waals surface area contributed by atoms with E-state index in [1.54, 1.807) is 20.8 Å². The number of piperidine rings is 1. The first-order valence-electron chi connectivity index (χ1n) is 7.17. The van der Waals surface area contributed by atoms with Gasteiger partial charge in [0, 0.05) is 13.1 Å². The van der Waals surface area contributed by atoms with Crippen LogP contribution in [0.15, 0.2) is 4.52 Å². The summed E-state index contributed by atoms with van der Waals surface area (Å²) in [4.78, 5) is 16.6. The fourth-order valence-electron chi connectivity index (χ4n) is 2.47. The summed E-state index contributed by atoms with van der Waals surface area (Å²) in [5.41, 5.74) is -0.800. The molecule has 8 nitrogen and oxygen atoms in total. The van der Waals surface area contributed by atoms with E-state index >= 15 is 0 Å². The van der Waals surface area contributed by atoms with E-state index in [0.29, 0.717) is 31.1 Å². The molecule has 0 bridgehead atoms. The molecule has 1 aromatic rings. The van der Waals surface area contributed by atoms with Crippen molar-refractivity contribution < 1.29 is 17.7 Å². The fraction of sp³-hybridized carbons (Fsp3) is 0.769. The number of carbonyl (C=O) groups is 1. The monoisotopic (exact) mass is 330 g/mol. The lowest BCUT2D eigenvalue weighted by atomic mass is 9.96. The van der Waals surface area contributed by atoms with Gasteiger partial charge < -0.3 is 9.84 Å². The van der Waals surface area contributed by atoms with Gasteiger partial charge >= 0.3 is 0 Å². The average Bonchev–Trinajstić information content (AvgIpc) is 2.85. The lowest BCUT2D eigenvalue weighted by molar-refractivity contribution is -0.128. The molecule has 1 atom stereocenters. The van der Waals surface area contributed by atoms with E-state index < -0.39 is 15.6 Å². The summed E-state index contributed by atoms with van der Waals surface area (Å²) >= 11 is 0. The maximum absolute atomic E-state index is 12.4. The van der Waals surface area contributed by atoms with Crippen molar-refractivity contribution in [3.63, 3.8) is 0 Å². The molecule has 0 spiro atoms. The number of nitrogens with zero attached hydrogens (tertiary/aromatic N) is 3. The molecular formula is C13H22N4O4S. The van der Waals surface area contributed by atoms with E-state index in [1.165, 1.54) is 10.6 Å². The summed E-state index contributed by atoms with van der Waals surface area (Å²) < 4.78 is 29.7. The minimum atomic E-state index is -3.27. The zero-order valence-electron chi connectivity index (χ0n) is 13.3. The van der Waals surface area contributed by atoms with Crippen LogP contribution in [0.2, 0.25) is 0 Å². The number of sulfonamides is 1. The van der Waals surface area contributed by atoms with Gasteiger partial charge in [0.25, 0.3) is 5.89 Å². The number of rotatable bonds is 4. The highest BCUT2D eigenvalue weighted by Crippen LogP contribution is 2.22. The van der Waals surface area contributed by atoms with Crippen molar-refractivity contribution in [2.75, 3.05) is 19.3 Å². The van der Waals surface area contributed by atoms with Gasteiger partial charge in [0.2, 0.25) is 15.9 Å². The van der Waals surface area contributed by atoms with Crippen LogP contribution in [0.4, 0.5) is 0 Å². The molecule has 2 rings (SSSR count). The Kier molecular flexibility index (Phi) is 4.57. The second-order valence-corrected chi connectivity index (χ2v) is 8.20. The first-order valence-corrected chi connectivity index (χ1v) is 9.02. The molecule has 0 radical (unpaired) electrons. The molecule has 1 fully saturated rings. The first kappa shape index (κ1) is 16.9. The maximum atomic E-state index is 12.4. The van der Waals surface area contributed by atoms with Crippen LogP contribution in [0.1, 0.15) is 38.4 Å². The number of aromatic nitrogens is 2. The Bertz CT molecular complexity index is 653. The van der Waals surface area contributed by atoms with Gasteiger partial charge in [-0.2, -0.15) is 4.98 Å². The van der Waals surface area contributed by atoms with E-state index in [-0.39, 0.29) is 18.4 Å². The van der Waals surface area contributed by atoms with Gasteiger partial charge in [-0.05, 0) is 33.6 Å². The number of hydrogen-bond donors (Lipinski definition) is 1. The summed E-state index contributed by atoms with van der Waals surface area (Å²) in [5, 5.41) is 6.59. The molecule has 1 aromatic heterocycles. The molecular weight excluding hydrogens is 308 g/mol. The second-order valence-electron chi connectivity index (χ2n) is 6.22. The number of nitrogens with one attached hydrogen (secondary N) is 1. The van der Waals surface area contributed by atoms with E-state index in [4.69, 9.17) is 4.52 Å². The van der Waals surface area contributed by atoms with Gasteiger partial charge in [0.05, 0.1) is 12.2 Å². The molecule has 0 saturated carbocycles. The number of carbonyl (C=O) groups excluding carboxylic acids is 1. The van der Waals surface area contributed by atoms with Crippen LogP contribution < -0.4 is 5.32 Å². The molecule has 1 N–H and O–H groups in total. The number of amides is 1. The van der Waals surface area contributed by atoms with Crippen LogP contribution in [0.5, 0.6) is 0 Å². The summed E-state index contributed by atoms with van der Waals surface area (Å²) in [6.07, 6.45) is 2.50. The summed E-state index contributed by atoms with van der Waals surface area (Å²) in [5.74, 6) is 0.258. The van der Waals surface area contributed by atoms with Gasteiger partial charge in [-0.3, -0.25) is 4.79 Å². The van der Waals surface area contributed by atoms with Crippen molar-refractivity contribution in [3.05, 3.63) is 11.7 Å². The molecule has 2 heterocycles. The van der Waals surface area contributed by atoms with Gasteiger partial charge in [-0.15, -0.1) is 0 Å². The van der Waals surface area contributed by atoms with Crippen LogP contribution in [-0.2, 0) is 20.4 Å². The SMILES string of the molecule is Cc1noc(C(C)(C)NC(=O)C2CCCN(S(C)(=O)=O)C2)n1. The van der Waals surface area contributed by atoms with Gasteiger partial charge in [-0.1, -0.05) is 5.16 Å². The fourth-order valence-corrected chi connectivity index (χ4v) is 3.38. The third-order valence-corrected chi connectivity index (χ3v) is 4.99. The average molecular weight is 330 g/mol. The molecule has 0 aliphatic carbocycles. The molecule has 1 unspecified atom stereocenters. The Morgan fingerprint density at radius 1 is 1.45 bits per heavy atom. The predicted molar refractivity (Wildman–Crippen MR) is 79.3 cm³/mol. The molecule has 1 aliphatic heterocycles. The highest BCUT2D eigenvalue weighted by atomic mass is 32.2.